The molecule has 0 N–H and O–H groups in total. The first kappa shape index (κ1) is 10.5. The van der Waals surface area contributed by atoms with Gasteiger partial charge in [-0.05, 0) is 12.1 Å². The van der Waals surface area contributed by atoms with E-state index in [-0.39, 0.29) is 0 Å². The number of hydrogen-bond donors (Lipinski definition) is 0. The molecular weight excluding hydrogens is 216 g/mol. The van der Waals surface area contributed by atoms with Crippen LogP contribution >= 0.6 is 0 Å². The molecule has 1 saturated heterocycles. The number of nitrogens with zero attached hydrogens (tertiary/aromatic N) is 6. The van der Waals surface area contributed by atoms with E-state index < -0.39 is 0 Å². The highest BCUT2D eigenvalue weighted by Gasteiger charge is 2.19. The lowest BCUT2D eigenvalue weighted by Gasteiger charge is -2.17. The minimum absolute atomic E-state index is 0.864. The molecule has 1 fully saturated rings. The predicted octanol–water partition coefficient (Wildman–Crippen LogP) is 0.270. The third kappa shape index (κ3) is 2.54. The first-order chi connectivity index (χ1) is 8.40. The number of rotatable bonds is 4. The summed E-state index contributed by atoms with van der Waals surface area (Å²) >= 11 is 0. The maximum Gasteiger partial charge on any atom is 0.0939 e. The lowest BCUT2D eigenvalue weighted by atomic mass is 10.6. The molecule has 1 aliphatic heterocycles. The molecule has 1 aliphatic rings. The van der Waals surface area contributed by atoms with Gasteiger partial charge in [0.15, 0.2) is 0 Å². The monoisotopic (exact) mass is 232 g/mol. The summed E-state index contributed by atoms with van der Waals surface area (Å²) in [6, 6.07) is 3.91. The minimum atomic E-state index is 0.864. The molecule has 90 valence electrons. The largest absolute Gasteiger partial charge is 0.270 e. The van der Waals surface area contributed by atoms with Crippen LogP contribution in [0.3, 0.4) is 0 Å². The highest BCUT2D eigenvalue weighted by molar-refractivity contribution is 4.80. The molecule has 0 unspecified atom stereocenters. The smallest absolute Gasteiger partial charge is 0.0939 e. The van der Waals surface area contributed by atoms with E-state index in [0.717, 1.165) is 33.1 Å². The van der Waals surface area contributed by atoms with E-state index in [1.54, 1.807) is 0 Å². The Balaban J connectivity index is 1.52. The predicted molar refractivity (Wildman–Crippen MR) is 62.7 cm³/mol. The van der Waals surface area contributed by atoms with E-state index in [4.69, 9.17) is 0 Å². The number of aromatic nitrogens is 4. The van der Waals surface area contributed by atoms with Gasteiger partial charge in [-0.1, -0.05) is 0 Å². The molecule has 0 spiro atoms. The van der Waals surface area contributed by atoms with Crippen LogP contribution in [-0.2, 0) is 13.3 Å². The van der Waals surface area contributed by atoms with E-state index in [1.807, 2.05) is 46.3 Å². The normalized spacial score (nSPS) is 17.9. The summed E-state index contributed by atoms with van der Waals surface area (Å²) in [4.78, 5) is 4.74. The minimum Gasteiger partial charge on any atom is -0.270 e. The van der Waals surface area contributed by atoms with E-state index in [1.165, 1.54) is 0 Å². The third-order valence-electron chi connectivity index (χ3n) is 2.94. The van der Waals surface area contributed by atoms with Crippen LogP contribution in [-0.4, -0.2) is 49.1 Å². The highest BCUT2D eigenvalue weighted by Crippen LogP contribution is 2.07. The van der Waals surface area contributed by atoms with Gasteiger partial charge in [-0.25, -0.2) is 0 Å². The van der Waals surface area contributed by atoms with Crippen LogP contribution in [0.5, 0.6) is 0 Å². The van der Waals surface area contributed by atoms with Crippen molar-refractivity contribution in [1.82, 2.24) is 29.4 Å². The van der Waals surface area contributed by atoms with Gasteiger partial charge in [0.1, 0.15) is 0 Å². The van der Waals surface area contributed by atoms with Crippen LogP contribution in [0.25, 0.3) is 0 Å². The first-order valence-electron chi connectivity index (χ1n) is 5.80. The summed E-state index contributed by atoms with van der Waals surface area (Å²) in [5.74, 6) is 0. The quantitative estimate of drug-likeness (QED) is 0.759. The molecule has 0 amide bonds. The van der Waals surface area contributed by atoms with Crippen LogP contribution in [0.15, 0.2) is 36.9 Å². The van der Waals surface area contributed by atoms with Crippen LogP contribution in [0, 0.1) is 0 Å². The van der Waals surface area contributed by atoms with Gasteiger partial charge in [-0.15, -0.1) is 0 Å². The topological polar surface area (TPSA) is 42.1 Å². The van der Waals surface area contributed by atoms with Gasteiger partial charge in [0.25, 0.3) is 0 Å². The van der Waals surface area contributed by atoms with Crippen molar-refractivity contribution in [3.05, 3.63) is 36.9 Å². The SMILES string of the molecule is c1cnn(CN2CCN(Cn3cccn3)C2)c1. The molecule has 6 heteroatoms. The van der Waals surface area contributed by atoms with Gasteiger partial charge in [0.05, 0.1) is 20.0 Å². The second kappa shape index (κ2) is 4.68. The lowest BCUT2D eigenvalue weighted by Crippen LogP contribution is -2.29. The maximum atomic E-state index is 4.22. The average Bonchev–Trinajstić information content (AvgIpc) is 3.02. The molecule has 2 aromatic heterocycles. The van der Waals surface area contributed by atoms with Crippen LogP contribution < -0.4 is 0 Å². The fourth-order valence-electron chi connectivity index (χ4n) is 2.12. The second-order valence-corrected chi connectivity index (χ2v) is 4.30. The Morgan fingerprint density at radius 3 is 1.76 bits per heavy atom. The number of hydrogen-bond acceptors (Lipinski definition) is 4. The summed E-state index contributed by atoms with van der Waals surface area (Å²) in [6.07, 6.45) is 7.63. The summed E-state index contributed by atoms with van der Waals surface area (Å²) < 4.78 is 3.91. The van der Waals surface area contributed by atoms with Gasteiger partial charge in [0.2, 0.25) is 0 Å². The summed E-state index contributed by atoms with van der Waals surface area (Å²) in [5, 5.41) is 8.44. The Morgan fingerprint density at radius 1 is 0.824 bits per heavy atom. The summed E-state index contributed by atoms with van der Waals surface area (Å²) in [7, 11) is 0. The Hall–Kier alpha value is -1.66. The van der Waals surface area contributed by atoms with Crippen molar-refractivity contribution in [1.29, 1.82) is 0 Å². The molecule has 0 radical (unpaired) electrons. The zero-order valence-electron chi connectivity index (χ0n) is 9.68. The van der Waals surface area contributed by atoms with Crippen molar-refractivity contribution < 1.29 is 0 Å². The van der Waals surface area contributed by atoms with Crippen LogP contribution in [0.1, 0.15) is 0 Å². The fourth-order valence-corrected chi connectivity index (χ4v) is 2.12. The van der Waals surface area contributed by atoms with Crippen molar-refractivity contribution in [2.45, 2.75) is 13.3 Å². The Bertz CT molecular complexity index is 392. The van der Waals surface area contributed by atoms with Crippen LogP contribution in [0.2, 0.25) is 0 Å². The van der Waals surface area contributed by atoms with E-state index in [0.29, 0.717) is 0 Å². The lowest BCUT2D eigenvalue weighted by molar-refractivity contribution is 0.172. The third-order valence-corrected chi connectivity index (χ3v) is 2.94. The Labute approximate surface area is 100 Å². The van der Waals surface area contributed by atoms with Crippen LogP contribution in [0.4, 0.5) is 0 Å². The van der Waals surface area contributed by atoms with E-state index in [2.05, 4.69) is 20.0 Å². The highest BCUT2D eigenvalue weighted by atomic mass is 15.5. The second-order valence-electron chi connectivity index (χ2n) is 4.30. The summed E-state index contributed by atoms with van der Waals surface area (Å²) in [6.45, 7) is 4.87. The zero-order valence-corrected chi connectivity index (χ0v) is 9.68. The Morgan fingerprint density at radius 2 is 1.35 bits per heavy atom. The molecule has 6 nitrogen and oxygen atoms in total. The molecule has 0 saturated carbocycles. The van der Waals surface area contributed by atoms with Gasteiger partial charge in [0, 0.05) is 37.9 Å². The average molecular weight is 232 g/mol. The molecule has 0 aromatic carbocycles. The van der Waals surface area contributed by atoms with E-state index in [9.17, 15) is 0 Å². The van der Waals surface area contributed by atoms with Crippen molar-refractivity contribution in [2.24, 2.45) is 0 Å². The van der Waals surface area contributed by atoms with Crippen molar-refractivity contribution in [3.8, 4) is 0 Å². The first-order valence-corrected chi connectivity index (χ1v) is 5.80. The molecule has 0 aliphatic carbocycles. The zero-order chi connectivity index (χ0) is 11.5. The molecule has 2 aromatic rings. The van der Waals surface area contributed by atoms with Crippen molar-refractivity contribution in [3.63, 3.8) is 0 Å². The van der Waals surface area contributed by atoms with Gasteiger partial charge >= 0.3 is 0 Å². The Kier molecular flexibility index (Phi) is 2.89. The summed E-state index contributed by atoms with van der Waals surface area (Å²) in [5.41, 5.74) is 0. The fraction of sp³-hybridized carbons (Fsp3) is 0.455. The molecular formula is C11H16N6. The molecule has 0 atom stereocenters. The molecule has 3 rings (SSSR count). The molecule has 3 heterocycles. The maximum absolute atomic E-state index is 4.22. The van der Waals surface area contributed by atoms with Crippen molar-refractivity contribution >= 4 is 0 Å². The standard InChI is InChI=1S/C11H16N6/c1-3-12-16(5-1)10-14-7-8-15(9-14)11-17-6-2-4-13-17/h1-6H,7-11H2. The van der Waals surface area contributed by atoms with Crippen molar-refractivity contribution in [2.75, 3.05) is 19.8 Å². The molecule has 17 heavy (non-hydrogen) atoms. The van der Waals surface area contributed by atoms with Gasteiger partial charge in [-0.3, -0.25) is 19.2 Å². The van der Waals surface area contributed by atoms with E-state index >= 15 is 0 Å². The van der Waals surface area contributed by atoms with Gasteiger partial charge < -0.3 is 0 Å². The van der Waals surface area contributed by atoms with Gasteiger partial charge in [-0.2, -0.15) is 10.2 Å². The molecule has 0 bridgehead atoms.